The molecule has 1 aromatic heterocycles. The van der Waals surface area contributed by atoms with E-state index in [0.717, 1.165) is 36.5 Å². The van der Waals surface area contributed by atoms with Crippen molar-refractivity contribution in [2.75, 3.05) is 20.2 Å². The highest BCUT2D eigenvalue weighted by atomic mass is 16.5. The zero-order valence-electron chi connectivity index (χ0n) is 12.6. The Morgan fingerprint density at radius 1 is 1.41 bits per heavy atom. The van der Waals surface area contributed by atoms with E-state index in [4.69, 9.17) is 4.74 Å². The molecule has 0 atom stereocenters. The molecule has 22 heavy (non-hydrogen) atoms. The second-order valence-corrected chi connectivity index (χ2v) is 5.16. The van der Waals surface area contributed by atoms with Crippen LogP contribution in [0.3, 0.4) is 0 Å². The maximum absolute atomic E-state index is 12.0. The average molecular weight is 300 g/mol. The van der Waals surface area contributed by atoms with E-state index in [1.807, 2.05) is 35.0 Å². The summed E-state index contributed by atoms with van der Waals surface area (Å²) in [6.07, 6.45) is 0.831. The van der Waals surface area contributed by atoms with E-state index in [1.165, 1.54) is 0 Å². The molecule has 3 rings (SSSR count). The minimum absolute atomic E-state index is 0.124. The first-order chi connectivity index (χ1) is 10.8. The molecule has 0 fully saturated rings. The number of para-hydroxylation sites is 1. The van der Waals surface area contributed by atoms with Crippen molar-refractivity contribution in [2.24, 2.45) is 0 Å². The highest BCUT2D eigenvalue weighted by Crippen LogP contribution is 2.19. The fourth-order valence-electron chi connectivity index (χ4n) is 2.67. The second kappa shape index (κ2) is 6.62. The third-order valence-corrected chi connectivity index (χ3v) is 3.77. The fourth-order valence-corrected chi connectivity index (χ4v) is 2.67. The third kappa shape index (κ3) is 2.96. The van der Waals surface area contributed by atoms with Gasteiger partial charge < -0.3 is 15.4 Å². The number of nitrogens with one attached hydrogen (secondary N) is 2. The van der Waals surface area contributed by atoms with E-state index in [-0.39, 0.29) is 5.91 Å². The van der Waals surface area contributed by atoms with Crippen LogP contribution in [0.2, 0.25) is 0 Å². The minimum atomic E-state index is -0.124. The summed E-state index contributed by atoms with van der Waals surface area (Å²) in [5, 5.41) is 10.5. The van der Waals surface area contributed by atoms with E-state index in [9.17, 15) is 4.79 Å². The van der Waals surface area contributed by atoms with Crippen molar-refractivity contribution < 1.29 is 9.53 Å². The van der Waals surface area contributed by atoms with E-state index in [0.29, 0.717) is 18.8 Å². The Labute approximate surface area is 129 Å². The van der Waals surface area contributed by atoms with E-state index >= 15 is 0 Å². The molecule has 116 valence electrons. The number of hydrogen-bond acceptors (Lipinski definition) is 4. The zero-order chi connectivity index (χ0) is 15.4. The molecule has 2 N–H and O–H groups in total. The molecular weight excluding hydrogens is 280 g/mol. The molecule has 6 nitrogen and oxygen atoms in total. The highest BCUT2D eigenvalue weighted by molar-refractivity contribution is 5.93. The van der Waals surface area contributed by atoms with Crippen LogP contribution in [0.5, 0.6) is 5.75 Å². The first-order valence-corrected chi connectivity index (χ1v) is 7.49. The lowest BCUT2D eigenvalue weighted by Crippen LogP contribution is -2.27. The van der Waals surface area contributed by atoms with Gasteiger partial charge in [-0.3, -0.25) is 9.48 Å². The van der Waals surface area contributed by atoms with Crippen LogP contribution in [0.15, 0.2) is 30.3 Å². The van der Waals surface area contributed by atoms with E-state index < -0.39 is 0 Å². The van der Waals surface area contributed by atoms with Crippen LogP contribution in [0.4, 0.5) is 0 Å². The number of aromatic nitrogens is 2. The molecule has 1 aromatic carbocycles. The molecule has 2 heterocycles. The Kier molecular flexibility index (Phi) is 4.39. The summed E-state index contributed by atoms with van der Waals surface area (Å²) in [4.78, 5) is 12.0. The second-order valence-electron chi connectivity index (χ2n) is 5.16. The summed E-state index contributed by atoms with van der Waals surface area (Å²) in [6, 6.07) is 9.70. The Hall–Kier alpha value is -2.34. The summed E-state index contributed by atoms with van der Waals surface area (Å²) < 4.78 is 7.60. The molecule has 0 saturated heterocycles. The van der Waals surface area contributed by atoms with Gasteiger partial charge in [0.2, 0.25) is 0 Å². The lowest BCUT2D eigenvalue weighted by Gasteiger charge is -2.15. The number of ether oxygens (including phenoxy) is 1. The van der Waals surface area contributed by atoms with Crippen molar-refractivity contribution in [1.29, 1.82) is 0 Å². The van der Waals surface area contributed by atoms with Gasteiger partial charge in [0, 0.05) is 19.2 Å². The summed E-state index contributed by atoms with van der Waals surface area (Å²) >= 11 is 0. The first kappa shape index (κ1) is 14.6. The summed E-state index contributed by atoms with van der Waals surface area (Å²) in [6.45, 7) is 2.76. The number of fused-ring (bicyclic) bond motifs is 1. The van der Waals surface area contributed by atoms with Gasteiger partial charge in [0.15, 0.2) is 5.69 Å². The quantitative estimate of drug-likeness (QED) is 0.863. The number of carbonyl (C=O) groups is 1. The molecule has 2 aromatic rings. The van der Waals surface area contributed by atoms with Crippen molar-refractivity contribution in [2.45, 2.75) is 19.5 Å². The van der Waals surface area contributed by atoms with Gasteiger partial charge in [-0.05, 0) is 25.1 Å². The number of rotatable bonds is 5. The SMILES string of the molecule is CNC(=O)c1nn(CCOc2ccccc2)c2c1CCNC2. The Morgan fingerprint density at radius 2 is 2.23 bits per heavy atom. The van der Waals surface area contributed by atoms with Gasteiger partial charge in [-0.2, -0.15) is 5.10 Å². The highest BCUT2D eigenvalue weighted by Gasteiger charge is 2.23. The van der Waals surface area contributed by atoms with Crippen LogP contribution >= 0.6 is 0 Å². The topological polar surface area (TPSA) is 68.2 Å². The van der Waals surface area contributed by atoms with E-state index in [2.05, 4.69) is 15.7 Å². The maximum Gasteiger partial charge on any atom is 0.271 e. The van der Waals surface area contributed by atoms with Crippen LogP contribution in [0.1, 0.15) is 21.7 Å². The third-order valence-electron chi connectivity index (χ3n) is 3.77. The lowest BCUT2D eigenvalue weighted by molar-refractivity contribution is 0.0956. The standard InChI is InChI=1S/C16H20N4O2/c1-17-16(21)15-13-7-8-18-11-14(13)20(19-15)9-10-22-12-5-3-2-4-6-12/h2-6,18H,7-11H2,1H3,(H,17,21). The molecule has 1 amide bonds. The summed E-state index contributed by atoms with van der Waals surface area (Å²) in [7, 11) is 1.63. The number of benzene rings is 1. The van der Waals surface area contributed by atoms with Gasteiger partial charge in [-0.1, -0.05) is 18.2 Å². The Bertz CT molecular complexity index is 652. The smallest absolute Gasteiger partial charge is 0.271 e. The van der Waals surface area contributed by atoms with Gasteiger partial charge >= 0.3 is 0 Å². The van der Waals surface area contributed by atoms with Gasteiger partial charge in [0.1, 0.15) is 12.4 Å². The normalized spacial score (nSPS) is 13.5. The van der Waals surface area contributed by atoms with Gasteiger partial charge in [0.05, 0.1) is 12.2 Å². The van der Waals surface area contributed by atoms with Crippen molar-refractivity contribution in [3.63, 3.8) is 0 Å². The van der Waals surface area contributed by atoms with Crippen LogP contribution in [0, 0.1) is 0 Å². The van der Waals surface area contributed by atoms with Crippen LogP contribution in [-0.4, -0.2) is 35.9 Å². The number of carbonyl (C=O) groups excluding carboxylic acids is 1. The molecule has 0 radical (unpaired) electrons. The monoisotopic (exact) mass is 300 g/mol. The van der Waals surface area contributed by atoms with Gasteiger partial charge in [-0.15, -0.1) is 0 Å². The molecule has 0 bridgehead atoms. The predicted octanol–water partition coefficient (Wildman–Crippen LogP) is 0.967. The first-order valence-electron chi connectivity index (χ1n) is 7.49. The number of amides is 1. The van der Waals surface area contributed by atoms with Crippen molar-refractivity contribution in [3.8, 4) is 5.75 Å². The van der Waals surface area contributed by atoms with Gasteiger partial charge in [-0.25, -0.2) is 0 Å². The van der Waals surface area contributed by atoms with Crippen LogP contribution < -0.4 is 15.4 Å². The average Bonchev–Trinajstić information content (AvgIpc) is 2.94. The van der Waals surface area contributed by atoms with E-state index in [1.54, 1.807) is 7.05 Å². The molecule has 0 spiro atoms. The Balaban J connectivity index is 1.73. The van der Waals surface area contributed by atoms with Crippen LogP contribution in [-0.2, 0) is 19.5 Å². The van der Waals surface area contributed by atoms with Gasteiger partial charge in [0.25, 0.3) is 5.91 Å². The largest absolute Gasteiger partial charge is 0.492 e. The van der Waals surface area contributed by atoms with Crippen LogP contribution in [0.25, 0.3) is 0 Å². The van der Waals surface area contributed by atoms with Crippen molar-refractivity contribution >= 4 is 5.91 Å². The predicted molar refractivity (Wildman–Crippen MR) is 83.0 cm³/mol. The fraction of sp³-hybridized carbons (Fsp3) is 0.375. The molecule has 0 unspecified atom stereocenters. The maximum atomic E-state index is 12.0. The number of hydrogen-bond donors (Lipinski definition) is 2. The van der Waals surface area contributed by atoms with Crippen molar-refractivity contribution in [3.05, 3.63) is 47.3 Å². The molecule has 0 saturated carbocycles. The molecular formula is C16H20N4O2. The summed E-state index contributed by atoms with van der Waals surface area (Å²) in [5.74, 6) is 0.717. The summed E-state index contributed by atoms with van der Waals surface area (Å²) in [5.41, 5.74) is 2.68. The Morgan fingerprint density at radius 3 is 3.00 bits per heavy atom. The minimum Gasteiger partial charge on any atom is -0.492 e. The van der Waals surface area contributed by atoms with Crippen molar-refractivity contribution in [1.82, 2.24) is 20.4 Å². The lowest BCUT2D eigenvalue weighted by atomic mass is 10.1. The molecule has 1 aliphatic rings. The molecule has 6 heteroatoms. The number of nitrogens with zero attached hydrogens (tertiary/aromatic N) is 2. The molecule has 0 aliphatic carbocycles. The molecule has 1 aliphatic heterocycles. The zero-order valence-corrected chi connectivity index (χ0v) is 12.6.